The van der Waals surface area contributed by atoms with Crippen LogP contribution in [0, 0.1) is 11.6 Å². The number of aryl methyl sites for hydroxylation is 1. The first-order valence-electron chi connectivity index (χ1n) is 6.59. The van der Waals surface area contributed by atoms with Crippen LogP contribution >= 0.6 is 15.9 Å². The first kappa shape index (κ1) is 13.7. The Bertz CT molecular complexity index is 642. The Balaban J connectivity index is 1.73. The van der Waals surface area contributed by atoms with Gasteiger partial charge in [0.15, 0.2) is 0 Å². The Hall–Kier alpha value is -1.26. The van der Waals surface area contributed by atoms with Crippen LogP contribution < -0.4 is 5.32 Å². The Morgan fingerprint density at radius 2 is 2.00 bits per heavy atom. The third kappa shape index (κ3) is 2.76. The van der Waals surface area contributed by atoms with Crippen LogP contribution in [0.4, 0.5) is 8.78 Å². The van der Waals surface area contributed by atoms with E-state index in [0.29, 0.717) is 12.1 Å². The van der Waals surface area contributed by atoms with E-state index in [1.54, 1.807) is 0 Å². The lowest BCUT2D eigenvalue weighted by molar-refractivity contribution is 0.509. The fourth-order valence-electron chi connectivity index (χ4n) is 2.71. The summed E-state index contributed by atoms with van der Waals surface area (Å²) < 4.78 is 27.8. The second-order valence-corrected chi connectivity index (χ2v) is 5.97. The zero-order valence-corrected chi connectivity index (χ0v) is 12.4. The van der Waals surface area contributed by atoms with Crippen molar-refractivity contribution < 1.29 is 8.78 Å². The van der Waals surface area contributed by atoms with E-state index < -0.39 is 5.82 Å². The minimum Gasteiger partial charge on any atom is -0.306 e. The van der Waals surface area contributed by atoms with Gasteiger partial charge in [0, 0.05) is 22.6 Å². The molecule has 20 heavy (non-hydrogen) atoms. The maximum atomic E-state index is 13.6. The van der Waals surface area contributed by atoms with E-state index in [2.05, 4.69) is 33.4 Å². The first-order chi connectivity index (χ1) is 9.63. The normalized spacial score (nSPS) is 17.2. The molecule has 0 amide bonds. The molecule has 1 aliphatic rings. The van der Waals surface area contributed by atoms with E-state index in [-0.39, 0.29) is 11.9 Å². The highest BCUT2D eigenvalue weighted by molar-refractivity contribution is 9.10. The Kier molecular flexibility index (Phi) is 3.85. The predicted octanol–water partition coefficient (Wildman–Crippen LogP) is 4.50. The van der Waals surface area contributed by atoms with Crippen molar-refractivity contribution in [1.82, 2.24) is 5.32 Å². The average Bonchev–Trinajstić information content (AvgIpc) is 2.82. The molecule has 0 spiro atoms. The summed E-state index contributed by atoms with van der Waals surface area (Å²) in [5.74, 6) is -0.771. The summed E-state index contributed by atoms with van der Waals surface area (Å²) in [6, 6.07) is 10.0. The van der Waals surface area contributed by atoms with Gasteiger partial charge < -0.3 is 5.32 Å². The lowest BCUT2D eigenvalue weighted by Gasteiger charge is -2.14. The largest absolute Gasteiger partial charge is 0.306 e. The molecule has 3 rings (SSSR count). The van der Waals surface area contributed by atoms with Crippen LogP contribution in [0.15, 0.2) is 40.9 Å². The van der Waals surface area contributed by atoms with Gasteiger partial charge in [-0.05, 0) is 54.3 Å². The molecule has 1 N–H and O–H groups in total. The maximum absolute atomic E-state index is 13.6. The quantitative estimate of drug-likeness (QED) is 0.869. The molecule has 0 bridgehead atoms. The minimum atomic E-state index is -0.404. The van der Waals surface area contributed by atoms with Crippen LogP contribution in [0.2, 0.25) is 0 Å². The van der Waals surface area contributed by atoms with Crippen molar-refractivity contribution in [3.05, 3.63) is 69.2 Å². The summed E-state index contributed by atoms with van der Waals surface area (Å²) in [5, 5.41) is 3.32. The van der Waals surface area contributed by atoms with Gasteiger partial charge >= 0.3 is 0 Å². The fourth-order valence-corrected chi connectivity index (χ4v) is 3.12. The predicted molar refractivity (Wildman–Crippen MR) is 78.4 cm³/mol. The van der Waals surface area contributed by atoms with Gasteiger partial charge in [-0.15, -0.1) is 0 Å². The third-order valence-electron chi connectivity index (χ3n) is 3.73. The van der Waals surface area contributed by atoms with Crippen LogP contribution in [0.5, 0.6) is 0 Å². The van der Waals surface area contributed by atoms with Crippen LogP contribution in [0.25, 0.3) is 0 Å². The van der Waals surface area contributed by atoms with Crippen molar-refractivity contribution in [2.45, 2.75) is 25.4 Å². The van der Waals surface area contributed by atoms with Gasteiger partial charge in [0.2, 0.25) is 0 Å². The number of halogens is 3. The van der Waals surface area contributed by atoms with E-state index in [4.69, 9.17) is 0 Å². The average molecular weight is 338 g/mol. The lowest BCUT2D eigenvalue weighted by atomic mass is 10.1. The smallest absolute Gasteiger partial charge is 0.127 e. The molecule has 1 atom stereocenters. The van der Waals surface area contributed by atoms with Gasteiger partial charge in [-0.3, -0.25) is 0 Å². The van der Waals surface area contributed by atoms with Gasteiger partial charge in [-0.2, -0.15) is 0 Å². The summed E-state index contributed by atoms with van der Waals surface area (Å²) in [6.45, 7) is 0.337. The van der Waals surface area contributed by atoms with Gasteiger partial charge in [0.05, 0.1) is 0 Å². The molecule has 104 valence electrons. The van der Waals surface area contributed by atoms with Crippen LogP contribution in [0.3, 0.4) is 0 Å². The Morgan fingerprint density at radius 1 is 1.15 bits per heavy atom. The molecule has 1 unspecified atom stereocenters. The molecule has 2 aromatic carbocycles. The molecular formula is C16H14BrF2N. The highest BCUT2D eigenvalue weighted by atomic mass is 79.9. The van der Waals surface area contributed by atoms with Crippen molar-refractivity contribution in [3.8, 4) is 0 Å². The van der Waals surface area contributed by atoms with Gasteiger partial charge in [-0.25, -0.2) is 8.78 Å². The molecule has 0 saturated heterocycles. The maximum Gasteiger partial charge on any atom is 0.127 e. The van der Waals surface area contributed by atoms with E-state index >= 15 is 0 Å². The van der Waals surface area contributed by atoms with Crippen molar-refractivity contribution in [2.24, 2.45) is 0 Å². The highest BCUT2D eigenvalue weighted by Crippen LogP contribution is 2.33. The van der Waals surface area contributed by atoms with Crippen molar-refractivity contribution in [3.63, 3.8) is 0 Å². The van der Waals surface area contributed by atoms with E-state index in [9.17, 15) is 8.78 Å². The molecule has 1 aliphatic carbocycles. The third-order valence-corrected chi connectivity index (χ3v) is 4.22. The molecule has 0 heterocycles. The second-order valence-electron chi connectivity index (χ2n) is 5.05. The standard InChI is InChI=1S/C16H14BrF2N/c17-12-2-4-14-10(7-12)1-6-16(14)20-9-11-8-13(18)3-5-15(11)19/h2-5,7-8,16,20H,1,6,9H2. The molecule has 0 saturated carbocycles. The van der Waals surface area contributed by atoms with Crippen LogP contribution in [-0.4, -0.2) is 0 Å². The van der Waals surface area contributed by atoms with Crippen molar-refractivity contribution >= 4 is 15.9 Å². The summed E-state index contributed by atoms with van der Waals surface area (Å²) >= 11 is 3.47. The van der Waals surface area contributed by atoms with E-state index in [1.807, 2.05) is 6.07 Å². The lowest BCUT2D eigenvalue weighted by Crippen LogP contribution is -2.19. The molecule has 0 aromatic heterocycles. The van der Waals surface area contributed by atoms with E-state index in [1.165, 1.54) is 23.3 Å². The zero-order chi connectivity index (χ0) is 14.1. The fraction of sp³-hybridized carbons (Fsp3) is 0.250. The number of hydrogen-bond acceptors (Lipinski definition) is 1. The first-order valence-corrected chi connectivity index (χ1v) is 7.38. The molecule has 0 fully saturated rings. The molecular weight excluding hydrogens is 324 g/mol. The van der Waals surface area contributed by atoms with Crippen LogP contribution in [0.1, 0.15) is 29.2 Å². The van der Waals surface area contributed by atoms with Gasteiger partial charge in [-0.1, -0.05) is 22.0 Å². The SMILES string of the molecule is Fc1ccc(F)c(CNC2CCc3cc(Br)ccc32)c1. The molecule has 4 heteroatoms. The zero-order valence-electron chi connectivity index (χ0n) is 10.8. The number of fused-ring (bicyclic) bond motifs is 1. The monoisotopic (exact) mass is 337 g/mol. The van der Waals surface area contributed by atoms with Gasteiger partial charge in [0.25, 0.3) is 0 Å². The Morgan fingerprint density at radius 3 is 2.85 bits per heavy atom. The van der Waals surface area contributed by atoms with Crippen LogP contribution in [-0.2, 0) is 13.0 Å². The number of hydrogen-bond donors (Lipinski definition) is 1. The Labute approximate surface area is 125 Å². The molecule has 1 nitrogen and oxygen atoms in total. The summed E-state index contributed by atoms with van der Waals surface area (Å²) in [6.07, 6.45) is 2.00. The minimum absolute atomic E-state index is 0.209. The molecule has 0 radical (unpaired) electrons. The number of nitrogens with one attached hydrogen (secondary N) is 1. The number of benzene rings is 2. The summed E-state index contributed by atoms with van der Waals surface area (Å²) in [5.41, 5.74) is 2.94. The second kappa shape index (κ2) is 5.62. The summed E-state index contributed by atoms with van der Waals surface area (Å²) in [7, 11) is 0. The van der Waals surface area contributed by atoms with Crippen molar-refractivity contribution in [1.29, 1.82) is 0 Å². The van der Waals surface area contributed by atoms with E-state index in [0.717, 1.165) is 23.4 Å². The highest BCUT2D eigenvalue weighted by Gasteiger charge is 2.22. The van der Waals surface area contributed by atoms with Crippen molar-refractivity contribution in [2.75, 3.05) is 0 Å². The van der Waals surface area contributed by atoms with Gasteiger partial charge in [0.1, 0.15) is 11.6 Å². The molecule has 0 aliphatic heterocycles. The number of rotatable bonds is 3. The topological polar surface area (TPSA) is 12.0 Å². The molecule has 2 aromatic rings. The summed E-state index contributed by atoms with van der Waals surface area (Å²) in [4.78, 5) is 0.